The van der Waals surface area contributed by atoms with Gasteiger partial charge in [0.2, 0.25) is 0 Å². The number of amides is 1. The van der Waals surface area contributed by atoms with Crippen molar-refractivity contribution in [2.75, 3.05) is 0 Å². The molecule has 31 heavy (non-hydrogen) atoms. The molecule has 156 valence electrons. The van der Waals surface area contributed by atoms with Crippen molar-refractivity contribution in [3.63, 3.8) is 0 Å². The van der Waals surface area contributed by atoms with Crippen molar-refractivity contribution in [1.29, 1.82) is 0 Å². The average molecular weight is 504 g/mol. The molecule has 3 heterocycles. The lowest BCUT2D eigenvalue weighted by Crippen LogP contribution is -2.42. The predicted molar refractivity (Wildman–Crippen MR) is 134 cm³/mol. The van der Waals surface area contributed by atoms with Gasteiger partial charge in [-0.05, 0) is 55.6 Å². The SMILES string of the molecule is CC(C)(C#Cc1ccc(-c2cnc(-c3cccs3)s2)s1)NC(=O)c1ccc(Cl)cc1Cl. The molecule has 4 aromatic rings. The van der Waals surface area contributed by atoms with Gasteiger partial charge < -0.3 is 5.32 Å². The molecule has 0 saturated carbocycles. The van der Waals surface area contributed by atoms with Crippen molar-refractivity contribution in [2.45, 2.75) is 19.4 Å². The molecule has 0 atom stereocenters. The molecule has 4 rings (SSSR count). The zero-order chi connectivity index (χ0) is 22.0. The number of carbonyl (C=O) groups excluding carboxylic acids is 1. The van der Waals surface area contributed by atoms with E-state index in [1.807, 2.05) is 32.2 Å². The van der Waals surface area contributed by atoms with Gasteiger partial charge in [-0.2, -0.15) is 0 Å². The van der Waals surface area contributed by atoms with Gasteiger partial charge in [0.15, 0.2) is 0 Å². The van der Waals surface area contributed by atoms with Crippen LogP contribution in [-0.4, -0.2) is 16.4 Å². The second-order valence-electron chi connectivity index (χ2n) is 7.12. The topological polar surface area (TPSA) is 42.0 Å². The minimum absolute atomic E-state index is 0.293. The Balaban J connectivity index is 1.47. The van der Waals surface area contributed by atoms with Gasteiger partial charge in [0.1, 0.15) is 5.01 Å². The molecule has 0 unspecified atom stereocenters. The number of thiazole rings is 1. The second-order valence-corrected chi connectivity index (χ2v) is 11.0. The maximum atomic E-state index is 12.6. The Bertz CT molecular complexity index is 1290. The lowest BCUT2D eigenvalue weighted by molar-refractivity contribution is 0.0930. The first-order valence-electron chi connectivity index (χ1n) is 9.21. The molecule has 0 fully saturated rings. The van der Waals surface area contributed by atoms with Gasteiger partial charge in [-0.1, -0.05) is 41.1 Å². The molecule has 3 nitrogen and oxygen atoms in total. The van der Waals surface area contributed by atoms with Crippen LogP contribution in [0.3, 0.4) is 0 Å². The molecular weight excluding hydrogens is 487 g/mol. The van der Waals surface area contributed by atoms with Gasteiger partial charge in [-0.3, -0.25) is 4.79 Å². The number of halogens is 2. The quantitative estimate of drug-likeness (QED) is 0.294. The van der Waals surface area contributed by atoms with Crippen molar-refractivity contribution in [1.82, 2.24) is 10.3 Å². The molecule has 1 amide bonds. The first-order valence-corrected chi connectivity index (χ1v) is 12.5. The van der Waals surface area contributed by atoms with Crippen LogP contribution in [0.25, 0.3) is 19.6 Å². The summed E-state index contributed by atoms with van der Waals surface area (Å²) >= 11 is 17.0. The van der Waals surface area contributed by atoms with Crippen LogP contribution in [0.1, 0.15) is 29.1 Å². The minimum atomic E-state index is -0.735. The van der Waals surface area contributed by atoms with E-state index >= 15 is 0 Å². The first kappa shape index (κ1) is 22.1. The highest BCUT2D eigenvalue weighted by molar-refractivity contribution is 7.25. The average Bonchev–Trinajstić information content (AvgIpc) is 3.46. The fraction of sp³-hybridized carbons (Fsp3) is 0.130. The molecule has 0 saturated heterocycles. The van der Waals surface area contributed by atoms with Gasteiger partial charge in [0, 0.05) is 16.1 Å². The van der Waals surface area contributed by atoms with E-state index in [-0.39, 0.29) is 5.91 Å². The van der Waals surface area contributed by atoms with E-state index in [9.17, 15) is 4.79 Å². The highest BCUT2D eigenvalue weighted by Crippen LogP contribution is 2.37. The summed E-state index contributed by atoms with van der Waals surface area (Å²) in [5.74, 6) is 6.03. The summed E-state index contributed by atoms with van der Waals surface area (Å²) in [4.78, 5) is 21.5. The van der Waals surface area contributed by atoms with Crippen molar-refractivity contribution in [3.8, 4) is 31.5 Å². The molecule has 1 N–H and O–H groups in total. The van der Waals surface area contributed by atoms with E-state index in [1.165, 1.54) is 4.88 Å². The predicted octanol–water partition coefficient (Wildman–Crippen LogP) is 7.47. The maximum absolute atomic E-state index is 12.6. The highest BCUT2D eigenvalue weighted by atomic mass is 35.5. The molecule has 3 aromatic heterocycles. The van der Waals surface area contributed by atoms with Gasteiger partial charge >= 0.3 is 0 Å². The van der Waals surface area contributed by atoms with Crippen LogP contribution >= 0.6 is 57.2 Å². The van der Waals surface area contributed by atoms with Crippen LogP contribution in [0.2, 0.25) is 10.0 Å². The fourth-order valence-electron chi connectivity index (χ4n) is 2.71. The Kier molecular flexibility index (Phi) is 6.52. The first-order chi connectivity index (χ1) is 14.8. The van der Waals surface area contributed by atoms with Crippen LogP contribution in [0, 0.1) is 11.8 Å². The largest absolute Gasteiger partial charge is 0.336 e. The molecule has 0 bridgehead atoms. The Morgan fingerprint density at radius 1 is 1.06 bits per heavy atom. The molecular formula is C23H16Cl2N2OS3. The van der Waals surface area contributed by atoms with E-state index in [2.05, 4.69) is 39.7 Å². The van der Waals surface area contributed by atoms with Crippen LogP contribution in [-0.2, 0) is 0 Å². The van der Waals surface area contributed by atoms with Gasteiger partial charge in [0.05, 0.1) is 30.8 Å². The number of nitrogens with one attached hydrogen (secondary N) is 1. The zero-order valence-electron chi connectivity index (χ0n) is 16.5. The normalized spacial score (nSPS) is 11.1. The minimum Gasteiger partial charge on any atom is -0.336 e. The van der Waals surface area contributed by atoms with Crippen LogP contribution in [0.4, 0.5) is 0 Å². The number of nitrogens with zero attached hydrogens (tertiary/aromatic N) is 1. The number of benzene rings is 1. The maximum Gasteiger partial charge on any atom is 0.253 e. The van der Waals surface area contributed by atoms with Gasteiger partial charge in [-0.25, -0.2) is 4.98 Å². The lowest BCUT2D eigenvalue weighted by Gasteiger charge is -2.20. The monoisotopic (exact) mass is 502 g/mol. The standard InChI is InChI=1S/C23H16Cl2N2OS3/c1-23(2,27-21(28)16-7-5-14(24)12-17(16)25)10-9-15-6-8-18(30-15)20-13-26-22(31-20)19-4-3-11-29-19/h3-8,11-13H,1-2H3,(H,27,28). The number of aromatic nitrogens is 1. The van der Waals surface area contributed by atoms with Crippen LogP contribution in [0.5, 0.6) is 0 Å². The van der Waals surface area contributed by atoms with Crippen molar-refractivity contribution in [2.24, 2.45) is 0 Å². The molecule has 8 heteroatoms. The van der Waals surface area contributed by atoms with Crippen molar-refractivity contribution < 1.29 is 4.79 Å². The Morgan fingerprint density at radius 2 is 1.90 bits per heavy atom. The summed E-state index contributed by atoms with van der Waals surface area (Å²) in [7, 11) is 0. The van der Waals surface area contributed by atoms with Crippen molar-refractivity contribution in [3.05, 3.63) is 74.5 Å². The third-order valence-electron chi connectivity index (χ3n) is 4.19. The third kappa shape index (κ3) is 5.38. The molecule has 0 aliphatic carbocycles. The van der Waals surface area contributed by atoms with Crippen molar-refractivity contribution >= 4 is 63.1 Å². The third-order valence-corrected chi connectivity index (χ3v) is 7.97. The van der Waals surface area contributed by atoms with Crippen LogP contribution < -0.4 is 5.32 Å². The Morgan fingerprint density at radius 3 is 2.65 bits per heavy atom. The molecule has 0 radical (unpaired) electrons. The summed E-state index contributed by atoms with van der Waals surface area (Å²) < 4.78 is 0. The summed E-state index contributed by atoms with van der Waals surface area (Å²) in [5, 5.41) is 6.79. The van der Waals surface area contributed by atoms with Gasteiger partial charge in [-0.15, -0.1) is 34.0 Å². The molecule has 0 aliphatic rings. The summed E-state index contributed by atoms with van der Waals surface area (Å²) in [6.07, 6.45) is 1.91. The number of carbonyl (C=O) groups is 1. The summed E-state index contributed by atoms with van der Waals surface area (Å²) in [6.45, 7) is 3.71. The van der Waals surface area contributed by atoms with E-state index in [0.29, 0.717) is 15.6 Å². The summed E-state index contributed by atoms with van der Waals surface area (Å²) in [6, 6.07) is 12.9. The highest BCUT2D eigenvalue weighted by Gasteiger charge is 2.20. The summed E-state index contributed by atoms with van der Waals surface area (Å²) in [5.41, 5.74) is -0.368. The molecule has 0 aliphatic heterocycles. The zero-order valence-corrected chi connectivity index (χ0v) is 20.5. The lowest BCUT2D eigenvalue weighted by atomic mass is 10.1. The Hall–Kier alpha value is -2.14. The number of thiophene rings is 2. The van der Waals surface area contributed by atoms with E-state index in [1.54, 1.807) is 52.2 Å². The molecule has 1 aromatic carbocycles. The van der Waals surface area contributed by atoms with Crippen LogP contribution in [0.15, 0.2) is 54.0 Å². The van der Waals surface area contributed by atoms with E-state index in [0.717, 1.165) is 19.6 Å². The number of rotatable bonds is 4. The van der Waals surface area contributed by atoms with E-state index < -0.39 is 5.54 Å². The number of hydrogen-bond acceptors (Lipinski definition) is 5. The second kappa shape index (κ2) is 9.15. The fourth-order valence-corrected chi connectivity index (χ4v) is 5.86. The smallest absolute Gasteiger partial charge is 0.253 e. The van der Waals surface area contributed by atoms with E-state index in [4.69, 9.17) is 23.2 Å². The van der Waals surface area contributed by atoms with Gasteiger partial charge in [0.25, 0.3) is 5.91 Å². The Labute approximate surface area is 202 Å². The molecule has 0 spiro atoms. The number of hydrogen-bond donors (Lipinski definition) is 1.